The van der Waals surface area contributed by atoms with Gasteiger partial charge in [0.15, 0.2) is 6.29 Å². The monoisotopic (exact) mass is 611 g/mol. The van der Waals surface area contributed by atoms with Gasteiger partial charge in [0, 0.05) is 17.6 Å². The normalized spacial score (nSPS) is 18.9. The molecule has 12 nitrogen and oxygen atoms in total. The third-order valence-electron chi connectivity index (χ3n) is 7.58. The Balaban J connectivity index is 1.75. The van der Waals surface area contributed by atoms with Crippen molar-refractivity contribution in [3.05, 3.63) is 47.7 Å². The molecule has 1 aromatic carbocycles. The number of aliphatic hydroxyl groups excluding tert-OH is 1. The number of carbonyl (C=O) groups excluding carboxylic acids is 3. The van der Waals surface area contributed by atoms with Gasteiger partial charge >= 0.3 is 5.97 Å². The van der Waals surface area contributed by atoms with Gasteiger partial charge in [-0.15, -0.1) is 0 Å². The van der Waals surface area contributed by atoms with E-state index in [4.69, 9.17) is 4.74 Å². The number of hydrazine groups is 1. The van der Waals surface area contributed by atoms with Crippen molar-refractivity contribution in [1.29, 1.82) is 0 Å². The predicted molar refractivity (Wildman–Crippen MR) is 166 cm³/mol. The Labute approximate surface area is 258 Å². The summed E-state index contributed by atoms with van der Waals surface area (Å²) in [6, 6.07) is 6.98. The standard InChI is InChI=1S/C32H45N5O7/c1-7-24-14-13-23-12-10-22(17-27(23)34-24)11-15-25(20(5)44-21(6)38)29(39)35-28(18(2)3)30(40)33-19(4)31(41)37-16-8-9-26(36-37)32(42)43/h10-15,17-21,25-26,28,36,38H,7-9,16H2,1-6H3,(H,33,40)(H,35,39)(H,42,43). The molecule has 44 heavy (non-hydrogen) atoms. The summed E-state index contributed by atoms with van der Waals surface area (Å²) in [6.45, 7) is 10.5. The smallest absolute Gasteiger partial charge is 0.322 e. The first-order chi connectivity index (χ1) is 20.8. The van der Waals surface area contributed by atoms with E-state index >= 15 is 0 Å². The first kappa shape index (κ1) is 34.6. The van der Waals surface area contributed by atoms with Crippen LogP contribution in [0.5, 0.6) is 0 Å². The molecule has 0 saturated carbocycles. The zero-order chi connectivity index (χ0) is 32.6. The topological polar surface area (TPSA) is 170 Å². The average molecular weight is 612 g/mol. The van der Waals surface area contributed by atoms with E-state index in [1.807, 2.05) is 37.3 Å². The Hall–Kier alpha value is -3.87. The van der Waals surface area contributed by atoms with Crippen molar-refractivity contribution >= 4 is 40.7 Å². The van der Waals surface area contributed by atoms with E-state index in [2.05, 4.69) is 21.0 Å². The number of pyridine rings is 1. The summed E-state index contributed by atoms with van der Waals surface area (Å²) in [7, 11) is 0. The molecule has 1 aromatic heterocycles. The molecule has 0 radical (unpaired) electrons. The number of benzene rings is 1. The third-order valence-corrected chi connectivity index (χ3v) is 7.58. The molecule has 0 bridgehead atoms. The number of carboxylic acids is 1. The number of aliphatic hydroxyl groups is 1. The van der Waals surface area contributed by atoms with Gasteiger partial charge in [-0.2, -0.15) is 0 Å². The van der Waals surface area contributed by atoms with Crippen LogP contribution in [0.4, 0.5) is 0 Å². The fourth-order valence-electron chi connectivity index (χ4n) is 5.05. The fourth-order valence-corrected chi connectivity index (χ4v) is 5.05. The second-order valence-corrected chi connectivity index (χ2v) is 11.5. The van der Waals surface area contributed by atoms with Crippen molar-refractivity contribution < 1.29 is 34.1 Å². The van der Waals surface area contributed by atoms with Crippen LogP contribution in [0, 0.1) is 11.8 Å². The second kappa shape index (κ2) is 15.7. The van der Waals surface area contributed by atoms with Crippen LogP contribution in [0.15, 0.2) is 36.4 Å². The number of carboxylic acid groups (broad SMARTS) is 1. The van der Waals surface area contributed by atoms with Crippen LogP contribution in [0.25, 0.3) is 17.0 Å². The van der Waals surface area contributed by atoms with E-state index in [1.165, 1.54) is 18.9 Å². The van der Waals surface area contributed by atoms with Gasteiger partial charge in [-0.3, -0.25) is 29.2 Å². The van der Waals surface area contributed by atoms with Crippen LogP contribution < -0.4 is 16.1 Å². The molecule has 6 atom stereocenters. The molecule has 2 heterocycles. The second-order valence-electron chi connectivity index (χ2n) is 11.5. The Morgan fingerprint density at radius 1 is 1.09 bits per heavy atom. The van der Waals surface area contributed by atoms with Crippen LogP contribution >= 0.6 is 0 Å². The van der Waals surface area contributed by atoms with E-state index in [1.54, 1.807) is 32.9 Å². The molecule has 0 aliphatic carbocycles. The SMILES string of the molecule is CCc1ccc2ccc(C=CC(C(=O)NC(C(=O)NC(C)C(=O)N3CCCC(C(=O)O)N3)C(C)C)C(C)OC(C)O)cc2n1. The van der Waals surface area contributed by atoms with Crippen molar-refractivity contribution in [2.24, 2.45) is 11.8 Å². The summed E-state index contributed by atoms with van der Waals surface area (Å²) >= 11 is 0. The molecule has 1 aliphatic rings. The number of aromatic nitrogens is 1. The highest BCUT2D eigenvalue weighted by molar-refractivity contribution is 5.93. The largest absolute Gasteiger partial charge is 0.480 e. The maximum atomic E-state index is 13.6. The zero-order valence-corrected chi connectivity index (χ0v) is 26.2. The van der Waals surface area contributed by atoms with Gasteiger partial charge in [0.1, 0.15) is 18.1 Å². The number of carbonyl (C=O) groups is 4. The number of rotatable bonds is 13. The Kier molecular flexibility index (Phi) is 12.4. The van der Waals surface area contributed by atoms with Gasteiger partial charge in [0.05, 0.1) is 17.5 Å². The first-order valence-corrected chi connectivity index (χ1v) is 15.1. The molecule has 0 spiro atoms. The lowest BCUT2D eigenvalue weighted by molar-refractivity contribution is -0.148. The maximum absolute atomic E-state index is 13.6. The fraction of sp³-hybridized carbons (Fsp3) is 0.531. The maximum Gasteiger partial charge on any atom is 0.322 e. The summed E-state index contributed by atoms with van der Waals surface area (Å²) in [5, 5.41) is 26.8. The summed E-state index contributed by atoms with van der Waals surface area (Å²) in [6.07, 6.45) is 3.32. The van der Waals surface area contributed by atoms with E-state index in [-0.39, 0.29) is 5.92 Å². The van der Waals surface area contributed by atoms with E-state index in [9.17, 15) is 29.4 Å². The lowest BCUT2D eigenvalue weighted by Crippen LogP contribution is -2.61. The van der Waals surface area contributed by atoms with Crippen LogP contribution in [-0.4, -0.2) is 81.0 Å². The molecule has 2 aromatic rings. The number of nitrogens with one attached hydrogen (secondary N) is 3. The number of nitrogens with zero attached hydrogens (tertiary/aromatic N) is 2. The van der Waals surface area contributed by atoms with Gasteiger partial charge in [0.2, 0.25) is 11.8 Å². The van der Waals surface area contributed by atoms with Crippen molar-refractivity contribution in [2.75, 3.05) is 6.54 Å². The molecule has 1 fully saturated rings. The van der Waals surface area contributed by atoms with Gasteiger partial charge in [-0.1, -0.05) is 51.1 Å². The van der Waals surface area contributed by atoms with Gasteiger partial charge in [-0.05, 0) is 63.6 Å². The van der Waals surface area contributed by atoms with Crippen molar-refractivity contribution in [3.8, 4) is 0 Å². The number of hydrogen-bond acceptors (Lipinski definition) is 8. The molecule has 3 rings (SSSR count). The van der Waals surface area contributed by atoms with Crippen molar-refractivity contribution in [2.45, 2.75) is 91.3 Å². The molecule has 6 unspecified atom stereocenters. The molecule has 12 heteroatoms. The number of hydrogen-bond donors (Lipinski definition) is 5. The lowest BCUT2D eigenvalue weighted by Gasteiger charge is -2.34. The van der Waals surface area contributed by atoms with Crippen molar-refractivity contribution in [3.63, 3.8) is 0 Å². The molecular formula is C32H45N5O7. The van der Waals surface area contributed by atoms with Crippen LogP contribution in [0.3, 0.4) is 0 Å². The van der Waals surface area contributed by atoms with E-state index in [0.717, 1.165) is 28.6 Å². The quantitative estimate of drug-likeness (QED) is 0.213. The van der Waals surface area contributed by atoms with Gasteiger partial charge in [0.25, 0.3) is 5.91 Å². The molecular weight excluding hydrogens is 566 g/mol. The molecule has 1 aliphatic heterocycles. The highest BCUT2D eigenvalue weighted by atomic mass is 16.6. The van der Waals surface area contributed by atoms with Crippen LogP contribution in [-0.2, 0) is 30.3 Å². The van der Waals surface area contributed by atoms with E-state index in [0.29, 0.717) is 19.4 Å². The highest BCUT2D eigenvalue weighted by Crippen LogP contribution is 2.19. The molecule has 1 saturated heterocycles. The summed E-state index contributed by atoms with van der Waals surface area (Å²) < 4.78 is 5.55. The third kappa shape index (κ3) is 9.31. The highest BCUT2D eigenvalue weighted by Gasteiger charge is 2.34. The van der Waals surface area contributed by atoms with Crippen LogP contribution in [0.2, 0.25) is 0 Å². The zero-order valence-electron chi connectivity index (χ0n) is 26.2. The van der Waals surface area contributed by atoms with Gasteiger partial charge < -0.3 is 25.6 Å². The average Bonchev–Trinajstić information content (AvgIpc) is 2.98. The minimum atomic E-state index is -1.12. The summed E-state index contributed by atoms with van der Waals surface area (Å²) in [4.78, 5) is 55.9. The van der Waals surface area contributed by atoms with E-state index < -0.39 is 60.1 Å². The number of aryl methyl sites for hydroxylation is 1. The number of amides is 3. The minimum absolute atomic E-state index is 0.315. The number of ether oxygens (including phenoxy) is 1. The molecule has 3 amide bonds. The first-order valence-electron chi connectivity index (χ1n) is 15.1. The Morgan fingerprint density at radius 3 is 2.43 bits per heavy atom. The Bertz CT molecular complexity index is 1360. The number of aliphatic carboxylic acids is 1. The lowest BCUT2D eigenvalue weighted by atomic mass is 9.97. The Morgan fingerprint density at radius 2 is 1.80 bits per heavy atom. The van der Waals surface area contributed by atoms with Gasteiger partial charge in [-0.25, -0.2) is 5.43 Å². The predicted octanol–water partition coefficient (Wildman–Crippen LogP) is 2.40. The summed E-state index contributed by atoms with van der Waals surface area (Å²) in [5.41, 5.74) is 5.32. The van der Waals surface area contributed by atoms with Crippen LogP contribution in [0.1, 0.15) is 65.6 Å². The minimum Gasteiger partial charge on any atom is -0.480 e. The number of fused-ring (bicyclic) bond motifs is 1. The molecule has 240 valence electrons. The summed E-state index contributed by atoms with van der Waals surface area (Å²) in [5.74, 6) is -3.77. The molecule has 5 N–H and O–H groups in total. The van der Waals surface area contributed by atoms with Crippen molar-refractivity contribution in [1.82, 2.24) is 26.1 Å².